The maximum absolute atomic E-state index is 5.91. The fourth-order valence-corrected chi connectivity index (χ4v) is 3.51. The Balaban J connectivity index is 2.00. The van der Waals surface area contributed by atoms with Crippen molar-refractivity contribution in [2.45, 2.75) is 25.8 Å². The fraction of sp³-hybridized carbons (Fsp3) is 0.357. The fourth-order valence-electron chi connectivity index (χ4n) is 2.33. The molecule has 0 amide bonds. The third kappa shape index (κ3) is 3.12. The Hall–Kier alpha value is -0.980. The van der Waals surface area contributed by atoms with Crippen molar-refractivity contribution in [2.75, 3.05) is 5.88 Å². The molecule has 0 spiro atoms. The van der Waals surface area contributed by atoms with Crippen LogP contribution in [0.15, 0.2) is 28.3 Å². The highest BCUT2D eigenvalue weighted by Crippen LogP contribution is 2.24. The second-order valence-electron chi connectivity index (χ2n) is 4.85. The van der Waals surface area contributed by atoms with Crippen LogP contribution in [0.1, 0.15) is 23.7 Å². The first-order chi connectivity index (χ1) is 10.2. The van der Waals surface area contributed by atoms with Crippen molar-refractivity contribution in [3.63, 3.8) is 0 Å². The number of hydrogen-bond donors (Lipinski definition) is 0. The van der Waals surface area contributed by atoms with Crippen LogP contribution >= 0.6 is 38.9 Å². The number of aromatic nitrogens is 4. The zero-order valence-corrected chi connectivity index (χ0v) is 14.6. The molecule has 21 heavy (non-hydrogen) atoms. The van der Waals surface area contributed by atoms with Gasteiger partial charge in [0.1, 0.15) is 11.3 Å². The van der Waals surface area contributed by atoms with Crippen molar-refractivity contribution in [3.05, 3.63) is 39.1 Å². The zero-order chi connectivity index (χ0) is 14.8. The first kappa shape index (κ1) is 14.9. The quantitative estimate of drug-likeness (QED) is 0.617. The van der Waals surface area contributed by atoms with Crippen LogP contribution < -0.4 is 0 Å². The molecule has 0 bridgehead atoms. The molecule has 0 fully saturated rings. The summed E-state index contributed by atoms with van der Waals surface area (Å²) in [5.74, 6) is 1.85. The van der Waals surface area contributed by atoms with Gasteiger partial charge in [0.05, 0.1) is 5.01 Å². The molecule has 1 atom stereocenters. The number of fused-ring (bicyclic) bond motifs is 1. The summed E-state index contributed by atoms with van der Waals surface area (Å²) >= 11 is 11.0. The number of hydrogen-bond acceptors (Lipinski definition) is 4. The Morgan fingerprint density at radius 1 is 1.43 bits per heavy atom. The number of pyridine rings is 1. The van der Waals surface area contributed by atoms with E-state index in [1.54, 1.807) is 17.5 Å². The third-order valence-corrected chi connectivity index (χ3v) is 4.91. The highest BCUT2D eigenvalue weighted by molar-refractivity contribution is 9.10. The number of imidazole rings is 1. The normalized spacial score (nSPS) is 12.9. The second-order valence-corrected chi connectivity index (χ2v) is 7.07. The van der Waals surface area contributed by atoms with Gasteiger partial charge < -0.3 is 4.57 Å². The second kappa shape index (κ2) is 6.42. The van der Waals surface area contributed by atoms with Gasteiger partial charge in [0.15, 0.2) is 5.65 Å². The maximum atomic E-state index is 5.91. The van der Waals surface area contributed by atoms with Gasteiger partial charge in [0.25, 0.3) is 0 Å². The van der Waals surface area contributed by atoms with Crippen molar-refractivity contribution in [2.24, 2.45) is 0 Å². The van der Waals surface area contributed by atoms with Crippen LogP contribution in [0.25, 0.3) is 11.2 Å². The molecule has 3 rings (SSSR count). The van der Waals surface area contributed by atoms with E-state index in [-0.39, 0.29) is 0 Å². The number of thiazole rings is 1. The average molecular weight is 386 g/mol. The van der Waals surface area contributed by atoms with Gasteiger partial charge in [0, 0.05) is 47.0 Å². The smallest absolute Gasteiger partial charge is 0.160 e. The highest BCUT2D eigenvalue weighted by atomic mass is 79.9. The molecular formula is C14H14BrClN4S. The van der Waals surface area contributed by atoms with E-state index in [2.05, 4.69) is 42.4 Å². The average Bonchev–Trinajstić information content (AvgIpc) is 3.08. The number of aryl methyl sites for hydroxylation is 1. The summed E-state index contributed by atoms with van der Waals surface area (Å²) in [6.07, 6.45) is 4.39. The van der Waals surface area contributed by atoms with Crippen molar-refractivity contribution in [1.82, 2.24) is 19.5 Å². The minimum absolute atomic E-state index is 0.321. The molecular weight excluding hydrogens is 372 g/mol. The van der Waals surface area contributed by atoms with Gasteiger partial charge in [-0.05, 0) is 22.0 Å². The summed E-state index contributed by atoms with van der Waals surface area (Å²) in [4.78, 5) is 13.6. The van der Waals surface area contributed by atoms with E-state index >= 15 is 0 Å². The summed E-state index contributed by atoms with van der Waals surface area (Å²) in [6, 6.07) is 1.99. The summed E-state index contributed by atoms with van der Waals surface area (Å²) in [5, 5.41) is 3.14. The lowest BCUT2D eigenvalue weighted by Crippen LogP contribution is -2.10. The van der Waals surface area contributed by atoms with Crippen LogP contribution in [0.5, 0.6) is 0 Å². The molecule has 0 N–H and O–H groups in total. The van der Waals surface area contributed by atoms with Gasteiger partial charge in [-0.15, -0.1) is 22.9 Å². The Morgan fingerprint density at radius 2 is 2.29 bits per heavy atom. The SMILES string of the molecule is CC(Cn1c(CCCl)nc2cc(Br)cnc21)c1nccs1. The molecule has 0 aliphatic heterocycles. The number of nitrogens with zero attached hydrogens (tertiary/aromatic N) is 4. The first-order valence-corrected chi connectivity index (χ1v) is 8.85. The topological polar surface area (TPSA) is 43.6 Å². The van der Waals surface area contributed by atoms with Gasteiger partial charge in [-0.3, -0.25) is 0 Å². The van der Waals surface area contributed by atoms with E-state index in [1.807, 2.05) is 17.6 Å². The lowest BCUT2D eigenvalue weighted by atomic mass is 10.2. The number of rotatable bonds is 5. The van der Waals surface area contributed by atoms with Crippen LogP contribution in [0, 0.1) is 0 Å². The molecule has 0 saturated carbocycles. The number of halogens is 2. The predicted molar refractivity (Wildman–Crippen MR) is 90.2 cm³/mol. The molecule has 3 aromatic heterocycles. The summed E-state index contributed by atoms with van der Waals surface area (Å²) < 4.78 is 3.10. The molecule has 110 valence electrons. The van der Waals surface area contributed by atoms with E-state index in [1.165, 1.54) is 0 Å². The van der Waals surface area contributed by atoms with Crippen molar-refractivity contribution in [1.29, 1.82) is 0 Å². The standard InChI is InChI=1S/C14H14BrClN4S/c1-9(14-17-4-5-21-14)8-20-12(2-3-16)19-11-6-10(15)7-18-13(11)20/h4-7,9H,2-3,8H2,1H3. The van der Waals surface area contributed by atoms with Crippen molar-refractivity contribution in [3.8, 4) is 0 Å². The summed E-state index contributed by atoms with van der Waals surface area (Å²) in [7, 11) is 0. The highest BCUT2D eigenvalue weighted by Gasteiger charge is 2.16. The Morgan fingerprint density at radius 3 is 3.00 bits per heavy atom. The number of alkyl halides is 1. The molecule has 0 radical (unpaired) electrons. The van der Waals surface area contributed by atoms with E-state index in [4.69, 9.17) is 11.6 Å². The van der Waals surface area contributed by atoms with Crippen molar-refractivity contribution >= 4 is 50.0 Å². The van der Waals surface area contributed by atoms with Crippen LogP contribution in [0.3, 0.4) is 0 Å². The van der Waals surface area contributed by atoms with Crippen LogP contribution in [-0.4, -0.2) is 25.4 Å². The van der Waals surface area contributed by atoms with Gasteiger partial charge in [0.2, 0.25) is 0 Å². The molecule has 4 nitrogen and oxygen atoms in total. The van der Waals surface area contributed by atoms with Gasteiger partial charge >= 0.3 is 0 Å². The molecule has 1 unspecified atom stereocenters. The summed E-state index contributed by atoms with van der Waals surface area (Å²) in [6.45, 7) is 2.98. The summed E-state index contributed by atoms with van der Waals surface area (Å²) in [5.41, 5.74) is 1.80. The Labute approximate surface area is 140 Å². The minimum atomic E-state index is 0.321. The first-order valence-electron chi connectivity index (χ1n) is 6.65. The molecule has 0 saturated heterocycles. The third-order valence-electron chi connectivity index (χ3n) is 3.28. The zero-order valence-electron chi connectivity index (χ0n) is 11.5. The molecule has 3 aromatic rings. The van der Waals surface area contributed by atoms with Crippen LogP contribution in [0.4, 0.5) is 0 Å². The van der Waals surface area contributed by atoms with Gasteiger partial charge in [-0.2, -0.15) is 0 Å². The molecule has 0 aliphatic carbocycles. The predicted octanol–water partition coefficient (Wildman–Crippen LogP) is 4.24. The molecule has 0 aromatic carbocycles. The van der Waals surface area contributed by atoms with Crippen molar-refractivity contribution < 1.29 is 0 Å². The molecule has 0 aliphatic rings. The van der Waals surface area contributed by atoms with Gasteiger partial charge in [-0.1, -0.05) is 6.92 Å². The monoisotopic (exact) mass is 384 g/mol. The van der Waals surface area contributed by atoms with E-state index in [9.17, 15) is 0 Å². The van der Waals surface area contributed by atoms with Gasteiger partial charge in [-0.25, -0.2) is 15.0 Å². The Kier molecular flexibility index (Phi) is 4.57. The maximum Gasteiger partial charge on any atom is 0.160 e. The largest absolute Gasteiger partial charge is 0.312 e. The van der Waals surface area contributed by atoms with E-state index in [0.29, 0.717) is 11.8 Å². The van der Waals surface area contributed by atoms with E-state index in [0.717, 1.165) is 39.4 Å². The molecule has 3 heterocycles. The molecule has 7 heteroatoms. The van der Waals surface area contributed by atoms with E-state index < -0.39 is 0 Å². The van der Waals surface area contributed by atoms with Crippen LogP contribution in [-0.2, 0) is 13.0 Å². The lowest BCUT2D eigenvalue weighted by molar-refractivity contribution is 0.583. The van der Waals surface area contributed by atoms with Crippen LogP contribution in [0.2, 0.25) is 0 Å². The minimum Gasteiger partial charge on any atom is -0.312 e. The Bertz CT molecular complexity index is 741. The lowest BCUT2D eigenvalue weighted by Gasteiger charge is -2.12.